The molecule has 0 amide bonds. The summed E-state index contributed by atoms with van der Waals surface area (Å²) in [5.74, 6) is -1.56. The number of nitrogens with zero attached hydrogens (tertiary/aromatic N) is 1. The number of hydrogen-bond acceptors (Lipinski definition) is 4. The Morgan fingerprint density at radius 1 is 1.48 bits per heavy atom. The van der Waals surface area contributed by atoms with Gasteiger partial charge in [0.1, 0.15) is 11.5 Å². The van der Waals surface area contributed by atoms with Gasteiger partial charge in [0.15, 0.2) is 0 Å². The van der Waals surface area contributed by atoms with Crippen molar-refractivity contribution in [1.82, 2.24) is 0 Å². The van der Waals surface area contributed by atoms with Crippen molar-refractivity contribution in [3.63, 3.8) is 0 Å². The van der Waals surface area contributed by atoms with Crippen molar-refractivity contribution >= 4 is 39.9 Å². The lowest BCUT2D eigenvalue weighted by molar-refractivity contribution is -0.384. The van der Waals surface area contributed by atoms with E-state index in [0.717, 1.165) is 12.1 Å². The molecule has 0 saturated heterocycles. The smallest absolute Gasteiger partial charge is 0.311 e. The first kappa shape index (κ1) is 17.6. The van der Waals surface area contributed by atoms with Gasteiger partial charge in [-0.25, -0.2) is 4.39 Å². The summed E-state index contributed by atoms with van der Waals surface area (Å²) in [6.07, 6.45) is 0.735. The lowest BCUT2D eigenvalue weighted by atomic mass is 9.82. The molecule has 21 heavy (non-hydrogen) atoms. The van der Waals surface area contributed by atoms with Crippen LogP contribution in [0.5, 0.6) is 0 Å². The largest absolute Gasteiger partial charge is 0.481 e. The fourth-order valence-corrected chi connectivity index (χ4v) is 2.42. The Bertz CT molecular complexity index is 561. The molecule has 8 heteroatoms. The van der Waals surface area contributed by atoms with E-state index in [4.69, 9.17) is 0 Å². The Labute approximate surface area is 135 Å². The number of anilines is 1. The maximum Gasteiger partial charge on any atom is 0.311 e. The van der Waals surface area contributed by atoms with Crippen LogP contribution in [-0.2, 0) is 4.79 Å². The summed E-state index contributed by atoms with van der Waals surface area (Å²) in [5.41, 5.74) is -1.31. The van der Waals surface area contributed by atoms with Gasteiger partial charge < -0.3 is 10.4 Å². The van der Waals surface area contributed by atoms with Gasteiger partial charge in [0.2, 0.25) is 0 Å². The molecule has 116 valence electrons. The van der Waals surface area contributed by atoms with Gasteiger partial charge >= 0.3 is 5.97 Å². The summed E-state index contributed by atoms with van der Waals surface area (Å²) in [7, 11) is 0. The van der Waals surface area contributed by atoms with Gasteiger partial charge in [0.25, 0.3) is 5.69 Å². The molecule has 1 aromatic carbocycles. The molecule has 0 heterocycles. The highest BCUT2D eigenvalue weighted by Gasteiger charge is 2.35. The average Bonchev–Trinajstić information content (AvgIpc) is 2.43. The van der Waals surface area contributed by atoms with E-state index in [1.54, 1.807) is 36.4 Å². The van der Waals surface area contributed by atoms with Crippen LogP contribution in [0.1, 0.15) is 26.7 Å². The van der Waals surface area contributed by atoms with Crippen molar-refractivity contribution in [2.75, 3.05) is 11.9 Å². The molecule has 1 aromatic rings. The standard InChI is InChI=1S/C13H16FIN2O4/c1-3-13(4-2,12(18)19)7-16-10-5-8(14)9(15)6-11(10)17(20)21/h5-6,16H,3-4,7H2,1-2H3,(H,18,19). The second-order valence-corrected chi connectivity index (χ2v) is 5.85. The summed E-state index contributed by atoms with van der Waals surface area (Å²) in [6.45, 7) is 3.47. The maximum atomic E-state index is 13.6. The molecule has 0 unspecified atom stereocenters. The van der Waals surface area contributed by atoms with Crippen LogP contribution >= 0.6 is 22.6 Å². The number of carbonyl (C=O) groups is 1. The van der Waals surface area contributed by atoms with Crippen molar-refractivity contribution in [3.8, 4) is 0 Å². The van der Waals surface area contributed by atoms with E-state index >= 15 is 0 Å². The van der Waals surface area contributed by atoms with Gasteiger partial charge in [0, 0.05) is 18.7 Å². The summed E-state index contributed by atoms with van der Waals surface area (Å²) in [5, 5.41) is 23.1. The maximum absolute atomic E-state index is 13.6. The number of carboxylic acid groups (broad SMARTS) is 1. The molecule has 0 atom stereocenters. The fourth-order valence-electron chi connectivity index (χ4n) is 1.97. The van der Waals surface area contributed by atoms with Crippen molar-refractivity contribution < 1.29 is 19.2 Å². The van der Waals surface area contributed by atoms with Crippen LogP contribution < -0.4 is 5.32 Å². The highest BCUT2D eigenvalue weighted by atomic mass is 127. The Balaban J connectivity index is 3.10. The summed E-state index contributed by atoms with van der Waals surface area (Å²) in [4.78, 5) is 21.8. The Kier molecular flexibility index (Phi) is 5.87. The van der Waals surface area contributed by atoms with E-state index < -0.39 is 22.1 Å². The predicted octanol–water partition coefficient (Wildman–Crippen LogP) is 3.64. The van der Waals surface area contributed by atoms with Crippen molar-refractivity contribution in [3.05, 3.63) is 31.6 Å². The van der Waals surface area contributed by atoms with Gasteiger partial charge in [0.05, 0.1) is 13.9 Å². The molecule has 0 spiro atoms. The Morgan fingerprint density at radius 2 is 2.05 bits per heavy atom. The summed E-state index contributed by atoms with van der Waals surface area (Å²) in [6, 6.07) is 2.15. The van der Waals surface area contributed by atoms with Gasteiger partial charge in [-0.2, -0.15) is 0 Å². The van der Waals surface area contributed by atoms with Crippen molar-refractivity contribution in [2.24, 2.45) is 5.41 Å². The number of nitrogens with one attached hydrogen (secondary N) is 1. The highest BCUT2D eigenvalue weighted by Crippen LogP contribution is 2.32. The number of benzene rings is 1. The number of nitro groups is 1. The number of rotatable bonds is 7. The molecule has 0 aliphatic carbocycles. The minimum absolute atomic E-state index is 0.00376. The third-order valence-electron chi connectivity index (χ3n) is 3.66. The van der Waals surface area contributed by atoms with Crippen LogP contribution in [0.25, 0.3) is 0 Å². The van der Waals surface area contributed by atoms with E-state index in [9.17, 15) is 24.4 Å². The normalized spacial score (nSPS) is 11.2. The van der Waals surface area contributed by atoms with E-state index in [-0.39, 0.29) is 21.5 Å². The number of carboxylic acids is 1. The van der Waals surface area contributed by atoms with Crippen LogP contribution in [0, 0.1) is 24.9 Å². The number of aliphatic carboxylic acids is 1. The monoisotopic (exact) mass is 410 g/mol. The van der Waals surface area contributed by atoms with Gasteiger partial charge in [-0.3, -0.25) is 14.9 Å². The number of halogens is 2. The summed E-state index contributed by atoms with van der Waals surface area (Å²) >= 11 is 1.67. The van der Waals surface area contributed by atoms with Crippen LogP contribution in [0.2, 0.25) is 0 Å². The molecule has 0 aliphatic heterocycles. The molecular weight excluding hydrogens is 394 g/mol. The third-order valence-corrected chi connectivity index (χ3v) is 4.49. The van der Waals surface area contributed by atoms with Crippen LogP contribution in [0.15, 0.2) is 12.1 Å². The van der Waals surface area contributed by atoms with Crippen LogP contribution in [-0.4, -0.2) is 22.5 Å². The quantitative estimate of drug-likeness (QED) is 0.407. The predicted molar refractivity (Wildman–Crippen MR) is 84.9 cm³/mol. The molecule has 0 saturated carbocycles. The Morgan fingerprint density at radius 3 is 2.48 bits per heavy atom. The molecule has 0 fully saturated rings. The molecule has 0 radical (unpaired) electrons. The Hall–Kier alpha value is -1.45. The molecule has 1 rings (SSSR count). The first-order valence-electron chi connectivity index (χ1n) is 6.38. The van der Waals surface area contributed by atoms with Crippen LogP contribution in [0.4, 0.5) is 15.8 Å². The molecular formula is C13H16FIN2O4. The van der Waals surface area contributed by atoms with E-state index in [1.807, 2.05) is 0 Å². The minimum atomic E-state index is -1.03. The topological polar surface area (TPSA) is 92.5 Å². The second-order valence-electron chi connectivity index (χ2n) is 4.69. The SMILES string of the molecule is CCC(CC)(CNc1cc(F)c(I)cc1[N+](=O)[O-])C(=O)O. The molecule has 0 aromatic heterocycles. The third kappa shape index (κ3) is 3.80. The zero-order chi connectivity index (χ0) is 16.2. The number of nitro benzene ring substituents is 1. The van der Waals surface area contributed by atoms with E-state index in [0.29, 0.717) is 12.8 Å². The van der Waals surface area contributed by atoms with E-state index in [1.165, 1.54) is 0 Å². The minimum Gasteiger partial charge on any atom is -0.481 e. The molecule has 0 bridgehead atoms. The molecule has 2 N–H and O–H groups in total. The first-order valence-corrected chi connectivity index (χ1v) is 7.46. The zero-order valence-electron chi connectivity index (χ0n) is 11.7. The van der Waals surface area contributed by atoms with Gasteiger partial charge in [-0.15, -0.1) is 0 Å². The average molecular weight is 410 g/mol. The zero-order valence-corrected chi connectivity index (χ0v) is 13.8. The second kappa shape index (κ2) is 7.01. The first-order chi connectivity index (χ1) is 9.77. The molecule has 0 aliphatic rings. The molecule has 6 nitrogen and oxygen atoms in total. The lowest BCUT2D eigenvalue weighted by Gasteiger charge is -2.27. The van der Waals surface area contributed by atoms with Crippen LogP contribution in [0.3, 0.4) is 0 Å². The number of hydrogen-bond donors (Lipinski definition) is 2. The van der Waals surface area contributed by atoms with Crippen molar-refractivity contribution in [2.45, 2.75) is 26.7 Å². The van der Waals surface area contributed by atoms with E-state index in [2.05, 4.69) is 5.32 Å². The van der Waals surface area contributed by atoms with Gasteiger partial charge in [-0.1, -0.05) is 13.8 Å². The summed E-state index contributed by atoms with van der Waals surface area (Å²) < 4.78 is 13.7. The highest BCUT2D eigenvalue weighted by molar-refractivity contribution is 14.1. The fraction of sp³-hybridized carbons (Fsp3) is 0.462. The van der Waals surface area contributed by atoms with Gasteiger partial charge in [-0.05, 0) is 35.4 Å². The van der Waals surface area contributed by atoms with Crippen molar-refractivity contribution in [1.29, 1.82) is 0 Å². The lowest BCUT2D eigenvalue weighted by Crippen LogP contribution is -2.37.